The van der Waals surface area contributed by atoms with E-state index in [-0.39, 0.29) is 5.54 Å². The van der Waals surface area contributed by atoms with Crippen molar-refractivity contribution in [3.05, 3.63) is 12.4 Å². The van der Waals surface area contributed by atoms with Gasteiger partial charge in [-0.3, -0.25) is 4.68 Å². The zero-order valence-electron chi connectivity index (χ0n) is 9.25. The second-order valence-electron chi connectivity index (χ2n) is 3.83. The maximum absolute atomic E-state index is 6.16. The molecular weight excluding hydrogens is 176 g/mol. The Hall–Kier alpha value is -1.03. The van der Waals surface area contributed by atoms with Crippen molar-refractivity contribution in [3.8, 4) is 0 Å². The topological polar surface area (TPSA) is 55.9 Å². The Morgan fingerprint density at radius 3 is 2.57 bits per heavy atom. The van der Waals surface area contributed by atoms with Crippen LogP contribution in [0.2, 0.25) is 0 Å². The third kappa shape index (κ3) is 2.73. The molecule has 0 saturated heterocycles. The quantitative estimate of drug-likeness (QED) is 0.747. The van der Waals surface area contributed by atoms with Gasteiger partial charge in [-0.15, -0.1) is 0 Å². The van der Waals surface area contributed by atoms with Crippen LogP contribution in [0.15, 0.2) is 12.4 Å². The molecule has 0 spiro atoms. The van der Waals surface area contributed by atoms with Crippen LogP contribution in [0.4, 0.5) is 5.69 Å². The summed E-state index contributed by atoms with van der Waals surface area (Å²) in [6, 6.07) is 0. The number of anilines is 1. The minimum Gasteiger partial charge on any atom is -0.381 e. The zero-order valence-corrected chi connectivity index (χ0v) is 9.25. The lowest BCUT2D eigenvalue weighted by molar-refractivity contribution is 0.418. The van der Waals surface area contributed by atoms with Crippen LogP contribution in [0.1, 0.15) is 26.7 Å². The first-order valence-electron chi connectivity index (χ1n) is 5.11. The van der Waals surface area contributed by atoms with Gasteiger partial charge in [-0.2, -0.15) is 5.10 Å². The number of nitrogens with zero attached hydrogens (tertiary/aromatic N) is 2. The molecule has 0 saturated carbocycles. The number of nitrogens with two attached hydrogens (primary N) is 1. The summed E-state index contributed by atoms with van der Waals surface area (Å²) in [6.07, 6.45) is 5.73. The number of rotatable bonds is 5. The fourth-order valence-electron chi connectivity index (χ4n) is 1.29. The molecule has 0 atom stereocenters. The molecule has 0 radical (unpaired) electrons. The lowest BCUT2D eigenvalue weighted by Gasteiger charge is -2.26. The van der Waals surface area contributed by atoms with Crippen molar-refractivity contribution in [2.75, 3.05) is 11.9 Å². The molecule has 1 aromatic rings. The monoisotopic (exact) mass is 196 g/mol. The fraction of sp³-hybridized carbons (Fsp3) is 0.700. The molecule has 0 unspecified atom stereocenters. The molecule has 0 aliphatic rings. The summed E-state index contributed by atoms with van der Waals surface area (Å²) in [6.45, 7) is 5.04. The van der Waals surface area contributed by atoms with Crippen LogP contribution in [-0.2, 0) is 7.05 Å². The lowest BCUT2D eigenvalue weighted by atomic mass is 9.94. The van der Waals surface area contributed by atoms with Crippen LogP contribution in [0, 0.1) is 0 Å². The number of nitrogens with one attached hydrogen (secondary N) is 1. The maximum atomic E-state index is 6.16. The van der Waals surface area contributed by atoms with Crippen LogP contribution < -0.4 is 11.1 Å². The third-order valence-electron chi connectivity index (χ3n) is 2.76. The van der Waals surface area contributed by atoms with Gasteiger partial charge >= 0.3 is 0 Å². The number of aromatic nitrogens is 2. The molecule has 14 heavy (non-hydrogen) atoms. The molecule has 4 nitrogen and oxygen atoms in total. The Labute approximate surface area is 85.5 Å². The molecule has 0 amide bonds. The van der Waals surface area contributed by atoms with Crippen molar-refractivity contribution in [3.63, 3.8) is 0 Å². The van der Waals surface area contributed by atoms with Gasteiger partial charge in [0, 0.05) is 25.3 Å². The minimum atomic E-state index is -0.101. The van der Waals surface area contributed by atoms with E-state index >= 15 is 0 Å². The van der Waals surface area contributed by atoms with Crippen LogP contribution >= 0.6 is 0 Å². The largest absolute Gasteiger partial charge is 0.381 e. The average molecular weight is 196 g/mol. The third-order valence-corrected chi connectivity index (χ3v) is 2.76. The highest BCUT2D eigenvalue weighted by Crippen LogP contribution is 2.13. The van der Waals surface area contributed by atoms with E-state index in [4.69, 9.17) is 5.73 Å². The van der Waals surface area contributed by atoms with E-state index in [1.54, 1.807) is 4.68 Å². The summed E-state index contributed by atoms with van der Waals surface area (Å²) < 4.78 is 1.78. The molecule has 3 N–H and O–H groups in total. The highest BCUT2D eigenvalue weighted by molar-refractivity contribution is 5.38. The van der Waals surface area contributed by atoms with Gasteiger partial charge in [-0.1, -0.05) is 13.8 Å². The standard InChI is InChI=1S/C10H20N4/c1-4-10(11,5-2)8-12-9-6-13-14(3)7-9/h6-7,12H,4-5,8,11H2,1-3H3. The Balaban J connectivity index is 2.47. The molecule has 80 valence electrons. The SMILES string of the molecule is CCC(N)(CC)CNc1cnn(C)c1. The molecule has 0 aliphatic heterocycles. The van der Waals surface area contributed by atoms with Gasteiger partial charge in [-0.05, 0) is 12.8 Å². The summed E-state index contributed by atoms with van der Waals surface area (Å²) in [7, 11) is 1.90. The van der Waals surface area contributed by atoms with Crippen molar-refractivity contribution in [1.82, 2.24) is 9.78 Å². The van der Waals surface area contributed by atoms with E-state index in [1.165, 1.54) is 0 Å². The van der Waals surface area contributed by atoms with Crippen molar-refractivity contribution in [2.45, 2.75) is 32.2 Å². The predicted octanol–water partition coefficient (Wildman–Crippen LogP) is 1.35. The summed E-state index contributed by atoms with van der Waals surface area (Å²) in [5.74, 6) is 0. The molecule has 0 bridgehead atoms. The van der Waals surface area contributed by atoms with Gasteiger partial charge in [0.15, 0.2) is 0 Å². The second kappa shape index (κ2) is 4.46. The van der Waals surface area contributed by atoms with Gasteiger partial charge in [0.1, 0.15) is 0 Å². The van der Waals surface area contributed by atoms with Gasteiger partial charge in [0.05, 0.1) is 11.9 Å². The smallest absolute Gasteiger partial charge is 0.0727 e. The van der Waals surface area contributed by atoms with Gasteiger partial charge in [0.25, 0.3) is 0 Å². The van der Waals surface area contributed by atoms with E-state index < -0.39 is 0 Å². The molecule has 0 fully saturated rings. The lowest BCUT2D eigenvalue weighted by Crippen LogP contribution is -2.45. The Morgan fingerprint density at radius 2 is 2.14 bits per heavy atom. The van der Waals surface area contributed by atoms with Crippen molar-refractivity contribution < 1.29 is 0 Å². The van der Waals surface area contributed by atoms with Crippen molar-refractivity contribution >= 4 is 5.69 Å². The molecule has 1 rings (SSSR count). The highest BCUT2D eigenvalue weighted by atomic mass is 15.3. The molecule has 0 aliphatic carbocycles. The summed E-state index contributed by atoms with van der Waals surface area (Å²) in [5.41, 5.74) is 7.09. The maximum Gasteiger partial charge on any atom is 0.0727 e. The fourth-order valence-corrected chi connectivity index (χ4v) is 1.29. The highest BCUT2D eigenvalue weighted by Gasteiger charge is 2.19. The molecule has 1 aromatic heterocycles. The summed E-state index contributed by atoms with van der Waals surface area (Å²) >= 11 is 0. The molecule has 4 heteroatoms. The van der Waals surface area contributed by atoms with Crippen LogP contribution in [0.25, 0.3) is 0 Å². The number of hydrogen-bond donors (Lipinski definition) is 2. The summed E-state index contributed by atoms with van der Waals surface area (Å²) in [4.78, 5) is 0. The normalized spacial score (nSPS) is 11.7. The first-order valence-corrected chi connectivity index (χ1v) is 5.11. The first-order chi connectivity index (χ1) is 6.59. The average Bonchev–Trinajstić information content (AvgIpc) is 2.61. The molecule has 1 heterocycles. The van der Waals surface area contributed by atoms with Gasteiger partial charge in [0.2, 0.25) is 0 Å². The summed E-state index contributed by atoms with van der Waals surface area (Å²) in [5, 5.41) is 7.38. The van der Waals surface area contributed by atoms with Crippen LogP contribution in [0.5, 0.6) is 0 Å². The van der Waals surface area contributed by atoms with E-state index in [9.17, 15) is 0 Å². The van der Waals surface area contributed by atoms with Crippen LogP contribution in [0.3, 0.4) is 0 Å². The Morgan fingerprint density at radius 1 is 1.50 bits per heavy atom. The van der Waals surface area contributed by atoms with E-state index in [0.29, 0.717) is 0 Å². The van der Waals surface area contributed by atoms with E-state index in [1.807, 2.05) is 19.4 Å². The Bertz CT molecular complexity index is 275. The van der Waals surface area contributed by atoms with Crippen molar-refractivity contribution in [2.24, 2.45) is 12.8 Å². The predicted molar refractivity (Wildman–Crippen MR) is 59.2 cm³/mol. The number of hydrogen-bond acceptors (Lipinski definition) is 3. The first kappa shape index (κ1) is 11.0. The minimum absolute atomic E-state index is 0.101. The molecular formula is C10H20N4. The second-order valence-corrected chi connectivity index (χ2v) is 3.83. The number of aryl methyl sites for hydroxylation is 1. The van der Waals surface area contributed by atoms with E-state index in [2.05, 4.69) is 24.3 Å². The zero-order chi connectivity index (χ0) is 10.6. The molecule has 0 aromatic carbocycles. The van der Waals surface area contributed by atoms with Gasteiger partial charge < -0.3 is 11.1 Å². The van der Waals surface area contributed by atoms with Crippen molar-refractivity contribution in [1.29, 1.82) is 0 Å². The Kier molecular flexibility index (Phi) is 3.52. The van der Waals surface area contributed by atoms with Crippen LogP contribution in [-0.4, -0.2) is 21.9 Å². The van der Waals surface area contributed by atoms with E-state index in [0.717, 1.165) is 25.1 Å². The van der Waals surface area contributed by atoms with Gasteiger partial charge in [-0.25, -0.2) is 0 Å².